The molecule has 0 aromatic carbocycles. The largest absolute Gasteiger partial charge is 0.481 e. The van der Waals surface area contributed by atoms with Crippen LogP contribution in [0.3, 0.4) is 0 Å². The van der Waals surface area contributed by atoms with E-state index < -0.39 is 12.1 Å². The maximum Gasteiger partial charge on any atom is 0.306 e. The van der Waals surface area contributed by atoms with E-state index in [4.69, 9.17) is 5.11 Å². The molecule has 13 heavy (non-hydrogen) atoms. The average Bonchev–Trinajstić information content (AvgIpc) is 2.03. The molecule has 1 saturated carbocycles. The summed E-state index contributed by atoms with van der Waals surface area (Å²) in [4.78, 5) is 10.7. The highest BCUT2D eigenvalue weighted by molar-refractivity contribution is 5.70. The van der Waals surface area contributed by atoms with Crippen molar-refractivity contribution in [3.8, 4) is 0 Å². The monoisotopic (exact) mass is 186 g/mol. The van der Waals surface area contributed by atoms with Crippen LogP contribution in [0.2, 0.25) is 0 Å². The summed E-state index contributed by atoms with van der Waals surface area (Å²) < 4.78 is 0. The van der Waals surface area contributed by atoms with E-state index in [0.29, 0.717) is 12.3 Å². The fourth-order valence-corrected chi connectivity index (χ4v) is 2.17. The average molecular weight is 186 g/mol. The van der Waals surface area contributed by atoms with Gasteiger partial charge in [-0.3, -0.25) is 4.79 Å². The minimum absolute atomic E-state index is 0.288. The first-order valence-electron chi connectivity index (χ1n) is 4.93. The zero-order valence-corrected chi connectivity index (χ0v) is 8.23. The van der Waals surface area contributed by atoms with Crippen molar-refractivity contribution >= 4 is 5.97 Å². The quantitative estimate of drug-likeness (QED) is 0.687. The van der Waals surface area contributed by atoms with Gasteiger partial charge in [0.25, 0.3) is 0 Å². The van der Waals surface area contributed by atoms with Crippen LogP contribution in [-0.2, 0) is 4.79 Å². The molecule has 0 aromatic rings. The Hall–Kier alpha value is -0.570. The topological polar surface area (TPSA) is 57.5 Å². The summed E-state index contributed by atoms with van der Waals surface area (Å²) in [7, 11) is 0. The standard InChI is InChI=1S/C10H18O3/c1-6(2)8-4-3-7(10(12)13)5-9(8)11/h6-9,11H,3-5H2,1-2H3,(H,12,13)/t7-,8+,9+/m1/s1. The SMILES string of the molecule is CC(C)[C@@H]1CC[C@@H](C(=O)O)C[C@@H]1O. The molecule has 76 valence electrons. The van der Waals surface area contributed by atoms with Gasteiger partial charge in [-0.1, -0.05) is 13.8 Å². The molecule has 0 amide bonds. The molecule has 3 atom stereocenters. The van der Waals surface area contributed by atoms with Gasteiger partial charge in [0.05, 0.1) is 12.0 Å². The van der Waals surface area contributed by atoms with Gasteiger partial charge < -0.3 is 10.2 Å². The lowest BCUT2D eigenvalue weighted by atomic mass is 9.75. The summed E-state index contributed by atoms with van der Waals surface area (Å²) in [6.45, 7) is 4.16. The van der Waals surface area contributed by atoms with Crippen LogP contribution in [0.25, 0.3) is 0 Å². The predicted molar refractivity (Wildman–Crippen MR) is 49.3 cm³/mol. The van der Waals surface area contributed by atoms with Crippen LogP contribution in [0.15, 0.2) is 0 Å². The molecule has 1 aliphatic rings. The summed E-state index contributed by atoms with van der Waals surface area (Å²) in [6, 6.07) is 0. The molecular weight excluding hydrogens is 168 g/mol. The summed E-state index contributed by atoms with van der Waals surface area (Å²) in [5, 5.41) is 18.5. The van der Waals surface area contributed by atoms with Crippen LogP contribution in [0, 0.1) is 17.8 Å². The molecule has 0 aromatic heterocycles. The van der Waals surface area contributed by atoms with Crippen molar-refractivity contribution in [2.75, 3.05) is 0 Å². The van der Waals surface area contributed by atoms with E-state index in [1.54, 1.807) is 0 Å². The highest BCUT2D eigenvalue weighted by Gasteiger charge is 2.33. The molecule has 3 nitrogen and oxygen atoms in total. The van der Waals surface area contributed by atoms with Gasteiger partial charge >= 0.3 is 5.97 Å². The second-order valence-corrected chi connectivity index (χ2v) is 4.32. The molecule has 0 radical (unpaired) electrons. The number of carboxylic acids is 1. The van der Waals surface area contributed by atoms with Crippen LogP contribution < -0.4 is 0 Å². The summed E-state index contributed by atoms with van der Waals surface area (Å²) in [5.41, 5.74) is 0. The number of carboxylic acid groups (broad SMARTS) is 1. The molecule has 2 N–H and O–H groups in total. The molecule has 1 rings (SSSR count). The first kappa shape index (κ1) is 10.5. The third kappa shape index (κ3) is 2.44. The molecule has 0 heterocycles. The maximum absolute atomic E-state index is 10.7. The van der Waals surface area contributed by atoms with Gasteiger partial charge in [0.2, 0.25) is 0 Å². The van der Waals surface area contributed by atoms with Crippen molar-refractivity contribution in [1.29, 1.82) is 0 Å². The van der Waals surface area contributed by atoms with Crippen molar-refractivity contribution in [1.82, 2.24) is 0 Å². The van der Waals surface area contributed by atoms with E-state index in [-0.39, 0.29) is 11.8 Å². The van der Waals surface area contributed by atoms with Gasteiger partial charge in [0, 0.05) is 0 Å². The van der Waals surface area contributed by atoms with E-state index in [9.17, 15) is 9.90 Å². The van der Waals surface area contributed by atoms with Gasteiger partial charge in [-0.2, -0.15) is 0 Å². The molecular formula is C10H18O3. The smallest absolute Gasteiger partial charge is 0.306 e. The summed E-state index contributed by atoms with van der Waals surface area (Å²) in [6.07, 6.45) is 1.57. The lowest BCUT2D eigenvalue weighted by molar-refractivity contribution is -0.145. The Balaban J connectivity index is 2.51. The van der Waals surface area contributed by atoms with Crippen LogP contribution in [0.4, 0.5) is 0 Å². The number of hydrogen-bond acceptors (Lipinski definition) is 2. The fourth-order valence-electron chi connectivity index (χ4n) is 2.17. The van der Waals surface area contributed by atoms with Crippen molar-refractivity contribution in [2.24, 2.45) is 17.8 Å². The molecule has 0 spiro atoms. The minimum Gasteiger partial charge on any atom is -0.481 e. The molecule has 1 aliphatic carbocycles. The van der Waals surface area contributed by atoms with Gasteiger partial charge in [-0.15, -0.1) is 0 Å². The summed E-state index contributed by atoms with van der Waals surface area (Å²) in [5.74, 6) is -0.355. The van der Waals surface area contributed by atoms with Crippen LogP contribution >= 0.6 is 0 Å². The maximum atomic E-state index is 10.7. The van der Waals surface area contributed by atoms with Crippen LogP contribution in [0.1, 0.15) is 33.1 Å². The lowest BCUT2D eigenvalue weighted by Gasteiger charge is -2.33. The third-order valence-corrected chi connectivity index (χ3v) is 3.07. The Labute approximate surface area is 78.8 Å². The normalized spacial score (nSPS) is 34.9. The molecule has 0 unspecified atom stereocenters. The third-order valence-electron chi connectivity index (χ3n) is 3.07. The van der Waals surface area contributed by atoms with Gasteiger partial charge in [0.1, 0.15) is 0 Å². The Morgan fingerprint density at radius 3 is 2.38 bits per heavy atom. The van der Waals surface area contributed by atoms with Crippen LogP contribution in [0.5, 0.6) is 0 Å². The van der Waals surface area contributed by atoms with Crippen LogP contribution in [-0.4, -0.2) is 22.3 Å². The van der Waals surface area contributed by atoms with E-state index in [1.807, 2.05) is 0 Å². The van der Waals surface area contributed by atoms with Gasteiger partial charge in [-0.25, -0.2) is 0 Å². The van der Waals surface area contributed by atoms with Crippen molar-refractivity contribution < 1.29 is 15.0 Å². The number of aliphatic hydroxyl groups excluding tert-OH is 1. The number of hydrogen-bond donors (Lipinski definition) is 2. The Bertz CT molecular complexity index is 189. The lowest BCUT2D eigenvalue weighted by Crippen LogP contribution is -2.35. The first-order chi connectivity index (χ1) is 6.02. The highest BCUT2D eigenvalue weighted by Crippen LogP contribution is 2.33. The molecule has 1 fully saturated rings. The van der Waals surface area contributed by atoms with E-state index in [0.717, 1.165) is 12.8 Å². The molecule has 0 aliphatic heterocycles. The minimum atomic E-state index is -0.763. The molecule has 0 bridgehead atoms. The Kier molecular flexibility index (Phi) is 3.31. The Morgan fingerprint density at radius 2 is 2.00 bits per heavy atom. The first-order valence-corrected chi connectivity index (χ1v) is 4.93. The van der Waals surface area contributed by atoms with Crippen molar-refractivity contribution in [2.45, 2.75) is 39.2 Å². The van der Waals surface area contributed by atoms with E-state index in [2.05, 4.69) is 13.8 Å². The number of aliphatic carboxylic acids is 1. The number of aliphatic hydroxyl groups is 1. The Morgan fingerprint density at radius 1 is 1.38 bits per heavy atom. The highest BCUT2D eigenvalue weighted by atomic mass is 16.4. The number of carbonyl (C=O) groups is 1. The van der Waals surface area contributed by atoms with E-state index in [1.165, 1.54) is 0 Å². The van der Waals surface area contributed by atoms with Gasteiger partial charge in [0.15, 0.2) is 0 Å². The molecule has 0 saturated heterocycles. The fraction of sp³-hybridized carbons (Fsp3) is 0.900. The van der Waals surface area contributed by atoms with Gasteiger partial charge in [-0.05, 0) is 31.1 Å². The van der Waals surface area contributed by atoms with E-state index >= 15 is 0 Å². The second-order valence-electron chi connectivity index (χ2n) is 4.32. The van der Waals surface area contributed by atoms with Crippen molar-refractivity contribution in [3.05, 3.63) is 0 Å². The zero-order valence-electron chi connectivity index (χ0n) is 8.23. The second kappa shape index (κ2) is 4.09. The number of rotatable bonds is 2. The predicted octanol–water partition coefficient (Wildman–Crippen LogP) is 1.50. The zero-order chi connectivity index (χ0) is 10.0. The molecule has 3 heteroatoms. The van der Waals surface area contributed by atoms with Crippen molar-refractivity contribution in [3.63, 3.8) is 0 Å². The summed E-state index contributed by atoms with van der Waals surface area (Å²) >= 11 is 0.